The number of carbonyl (C=O) groups excluding carboxylic acids is 1. The van der Waals surface area contributed by atoms with Crippen LogP contribution in [0.25, 0.3) is 0 Å². The van der Waals surface area contributed by atoms with E-state index in [1.165, 1.54) is 0 Å². The monoisotopic (exact) mass is 315 g/mol. The number of rotatable bonds is 5. The van der Waals surface area contributed by atoms with Crippen LogP contribution < -0.4 is 0 Å². The highest BCUT2D eigenvalue weighted by molar-refractivity contribution is 6.33. The zero-order chi connectivity index (χ0) is 15.4. The summed E-state index contributed by atoms with van der Waals surface area (Å²) in [6.07, 6.45) is 3.17. The van der Waals surface area contributed by atoms with Crippen molar-refractivity contribution in [2.75, 3.05) is 0 Å². The molecule has 0 aliphatic carbocycles. The Kier molecular flexibility index (Phi) is 4.30. The van der Waals surface area contributed by atoms with Gasteiger partial charge in [0, 0.05) is 0 Å². The predicted molar refractivity (Wildman–Crippen MR) is 82.4 cm³/mol. The minimum atomic E-state index is -0.168. The summed E-state index contributed by atoms with van der Waals surface area (Å²) in [6, 6.07) is 14.2. The minimum Gasteiger partial charge on any atom is -0.467 e. The van der Waals surface area contributed by atoms with E-state index in [1.54, 1.807) is 53.8 Å². The third kappa shape index (κ3) is 3.23. The van der Waals surface area contributed by atoms with Crippen LogP contribution in [0.1, 0.15) is 21.9 Å². The lowest BCUT2D eigenvalue weighted by Crippen LogP contribution is -2.30. The fraction of sp³-hybridized carbons (Fsp3) is 0.118. The first-order chi connectivity index (χ1) is 10.7. The molecule has 0 saturated carbocycles. The zero-order valence-electron chi connectivity index (χ0n) is 11.7. The Morgan fingerprint density at radius 1 is 0.909 bits per heavy atom. The number of halogens is 1. The lowest BCUT2D eigenvalue weighted by molar-refractivity contribution is 0.0705. The van der Waals surface area contributed by atoms with E-state index in [-0.39, 0.29) is 5.91 Å². The summed E-state index contributed by atoms with van der Waals surface area (Å²) in [5.41, 5.74) is 0.460. The summed E-state index contributed by atoms with van der Waals surface area (Å²) >= 11 is 6.13. The molecule has 0 bridgehead atoms. The maximum Gasteiger partial charge on any atom is 0.256 e. The highest BCUT2D eigenvalue weighted by atomic mass is 35.5. The molecular formula is C17H14ClNO3. The van der Waals surface area contributed by atoms with Crippen LogP contribution in [-0.2, 0) is 13.1 Å². The van der Waals surface area contributed by atoms with Crippen molar-refractivity contribution in [2.45, 2.75) is 13.1 Å². The molecule has 3 rings (SSSR count). The molecule has 0 unspecified atom stereocenters. The molecule has 1 aromatic carbocycles. The molecule has 22 heavy (non-hydrogen) atoms. The lowest BCUT2D eigenvalue weighted by atomic mass is 10.2. The number of benzene rings is 1. The fourth-order valence-corrected chi connectivity index (χ4v) is 2.40. The molecule has 0 N–H and O–H groups in total. The Morgan fingerprint density at radius 2 is 1.50 bits per heavy atom. The van der Waals surface area contributed by atoms with Crippen molar-refractivity contribution in [3.8, 4) is 0 Å². The van der Waals surface area contributed by atoms with Gasteiger partial charge < -0.3 is 13.7 Å². The van der Waals surface area contributed by atoms with Crippen LogP contribution in [0.3, 0.4) is 0 Å². The lowest BCUT2D eigenvalue weighted by Gasteiger charge is -2.21. The third-order valence-corrected chi connectivity index (χ3v) is 3.57. The maximum absolute atomic E-state index is 12.8. The number of hydrogen-bond donors (Lipinski definition) is 0. The van der Waals surface area contributed by atoms with E-state index in [1.807, 2.05) is 12.1 Å². The number of nitrogens with zero attached hydrogens (tertiary/aromatic N) is 1. The number of amides is 1. The highest BCUT2D eigenvalue weighted by Crippen LogP contribution is 2.20. The van der Waals surface area contributed by atoms with Gasteiger partial charge in [0.25, 0.3) is 5.91 Å². The van der Waals surface area contributed by atoms with Crippen LogP contribution in [0.4, 0.5) is 0 Å². The highest BCUT2D eigenvalue weighted by Gasteiger charge is 2.20. The Balaban J connectivity index is 1.87. The van der Waals surface area contributed by atoms with Crippen molar-refractivity contribution >= 4 is 17.5 Å². The van der Waals surface area contributed by atoms with Crippen LogP contribution >= 0.6 is 11.6 Å². The Hall–Kier alpha value is -2.46. The molecule has 0 atom stereocenters. The summed E-state index contributed by atoms with van der Waals surface area (Å²) in [4.78, 5) is 14.4. The van der Waals surface area contributed by atoms with E-state index in [4.69, 9.17) is 20.4 Å². The molecule has 0 spiro atoms. The molecule has 0 fully saturated rings. The first kappa shape index (κ1) is 14.5. The Morgan fingerprint density at radius 3 is 2.00 bits per heavy atom. The Labute approximate surface area is 132 Å². The second-order valence-electron chi connectivity index (χ2n) is 4.80. The van der Waals surface area contributed by atoms with E-state index in [0.29, 0.717) is 35.2 Å². The SMILES string of the molecule is O=C(c1ccccc1Cl)N(Cc1ccco1)Cc1ccco1. The molecule has 0 radical (unpaired) electrons. The van der Waals surface area contributed by atoms with E-state index < -0.39 is 0 Å². The second-order valence-corrected chi connectivity index (χ2v) is 5.21. The number of hydrogen-bond acceptors (Lipinski definition) is 3. The first-order valence-corrected chi connectivity index (χ1v) is 7.20. The summed E-state index contributed by atoms with van der Waals surface area (Å²) in [5.74, 6) is 1.23. The van der Waals surface area contributed by atoms with Crippen molar-refractivity contribution < 1.29 is 13.6 Å². The number of carbonyl (C=O) groups is 1. The van der Waals surface area contributed by atoms with Crippen molar-refractivity contribution in [3.63, 3.8) is 0 Å². The molecule has 0 aliphatic rings. The van der Waals surface area contributed by atoms with Gasteiger partial charge in [-0.25, -0.2) is 0 Å². The summed E-state index contributed by atoms with van der Waals surface area (Å²) in [6.45, 7) is 0.690. The van der Waals surface area contributed by atoms with Crippen molar-refractivity contribution in [2.24, 2.45) is 0 Å². The van der Waals surface area contributed by atoms with Crippen LogP contribution in [-0.4, -0.2) is 10.8 Å². The van der Waals surface area contributed by atoms with Crippen molar-refractivity contribution in [1.29, 1.82) is 0 Å². The van der Waals surface area contributed by atoms with E-state index in [2.05, 4.69) is 0 Å². The van der Waals surface area contributed by atoms with Gasteiger partial charge in [-0.2, -0.15) is 0 Å². The first-order valence-electron chi connectivity index (χ1n) is 6.82. The second kappa shape index (κ2) is 6.54. The quantitative estimate of drug-likeness (QED) is 0.702. The summed E-state index contributed by atoms with van der Waals surface area (Å²) < 4.78 is 10.7. The van der Waals surface area contributed by atoms with Crippen molar-refractivity contribution in [3.05, 3.63) is 83.2 Å². The zero-order valence-corrected chi connectivity index (χ0v) is 12.5. The van der Waals surface area contributed by atoms with Crippen LogP contribution in [0.5, 0.6) is 0 Å². The van der Waals surface area contributed by atoms with E-state index >= 15 is 0 Å². The summed E-state index contributed by atoms with van der Waals surface area (Å²) in [5, 5.41) is 0.427. The molecule has 2 aromatic heterocycles. The van der Waals surface area contributed by atoms with Gasteiger partial charge in [0.2, 0.25) is 0 Å². The molecule has 3 aromatic rings. The van der Waals surface area contributed by atoms with Gasteiger partial charge in [-0.05, 0) is 36.4 Å². The van der Waals surface area contributed by atoms with Gasteiger partial charge in [-0.1, -0.05) is 23.7 Å². The van der Waals surface area contributed by atoms with Crippen LogP contribution in [0, 0.1) is 0 Å². The minimum absolute atomic E-state index is 0.168. The van der Waals surface area contributed by atoms with Crippen molar-refractivity contribution in [1.82, 2.24) is 4.90 Å². The predicted octanol–water partition coefficient (Wildman–Crippen LogP) is 4.37. The van der Waals surface area contributed by atoms with Crippen LogP contribution in [0.2, 0.25) is 5.02 Å². The maximum atomic E-state index is 12.8. The average Bonchev–Trinajstić information content (AvgIpc) is 3.20. The van der Waals surface area contributed by atoms with Gasteiger partial charge in [0.05, 0.1) is 36.2 Å². The summed E-state index contributed by atoms with van der Waals surface area (Å²) in [7, 11) is 0. The van der Waals surface area contributed by atoms with E-state index in [0.717, 1.165) is 0 Å². The van der Waals surface area contributed by atoms with Gasteiger partial charge in [-0.3, -0.25) is 4.79 Å². The van der Waals surface area contributed by atoms with E-state index in [9.17, 15) is 4.79 Å². The fourth-order valence-electron chi connectivity index (χ4n) is 2.19. The molecule has 0 aliphatic heterocycles. The molecule has 1 amide bonds. The van der Waals surface area contributed by atoms with Gasteiger partial charge in [0.15, 0.2) is 0 Å². The van der Waals surface area contributed by atoms with Crippen LogP contribution in [0.15, 0.2) is 69.9 Å². The molecule has 2 heterocycles. The Bertz CT molecular complexity index is 699. The molecular weight excluding hydrogens is 302 g/mol. The standard InChI is InChI=1S/C17H14ClNO3/c18-16-8-2-1-7-15(16)17(20)19(11-13-5-3-9-21-13)12-14-6-4-10-22-14/h1-10H,11-12H2. The average molecular weight is 316 g/mol. The van der Waals surface area contributed by atoms with Gasteiger partial charge >= 0.3 is 0 Å². The topological polar surface area (TPSA) is 46.6 Å². The number of furan rings is 2. The third-order valence-electron chi connectivity index (χ3n) is 3.25. The smallest absolute Gasteiger partial charge is 0.256 e. The van der Waals surface area contributed by atoms with Gasteiger partial charge in [0.1, 0.15) is 11.5 Å². The van der Waals surface area contributed by atoms with Gasteiger partial charge in [-0.15, -0.1) is 0 Å². The molecule has 112 valence electrons. The normalized spacial score (nSPS) is 10.6. The largest absolute Gasteiger partial charge is 0.467 e. The molecule has 5 heteroatoms. The molecule has 0 saturated heterocycles. The molecule has 4 nitrogen and oxygen atoms in total.